The quantitative estimate of drug-likeness (QED) is 0.578. The first-order chi connectivity index (χ1) is 16.3. The maximum Gasteiger partial charge on any atom is 0.338 e. The van der Waals surface area contributed by atoms with Crippen molar-refractivity contribution in [2.24, 2.45) is 28.6 Å². The van der Waals surface area contributed by atoms with Crippen molar-refractivity contribution in [2.75, 3.05) is 13.7 Å². The highest BCUT2D eigenvalue weighted by Crippen LogP contribution is 2.68. The highest BCUT2D eigenvalue weighted by Gasteiger charge is 2.70. The highest BCUT2D eigenvalue weighted by atomic mass is 16.6. The molecule has 7 heteroatoms. The van der Waals surface area contributed by atoms with Crippen LogP contribution in [-0.4, -0.2) is 53.9 Å². The van der Waals surface area contributed by atoms with Crippen molar-refractivity contribution >= 4 is 17.7 Å². The topological polar surface area (TPSA) is 99.1 Å². The van der Waals surface area contributed by atoms with Gasteiger partial charge in [0.05, 0.1) is 12.5 Å². The predicted molar refractivity (Wildman–Crippen MR) is 129 cm³/mol. The van der Waals surface area contributed by atoms with E-state index in [2.05, 4.69) is 13.8 Å². The molecule has 0 aromatic rings. The first-order valence-electron chi connectivity index (χ1n) is 13.1. The van der Waals surface area contributed by atoms with E-state index >= 15 is 0 Å². The van der Waals surface area contributed by atoms with Gasteiger partial charge in [-0.3, -0.25) is 9.59 Å². The largest absolute Gasteiger partial charge is 0.463 e. The number of ether oxygens (including phenoxy) is 3. The van der Waals surface area contributed by atoms with Crippen molar-refractivity contribution in [1.82, 2.24) is 0 Å². The minimum atomic E-state index is -1.16. The molecule has 0 aromatic heterocycles. The number of carbonyl (C=O) groups is 3. The number of rotatable bonds is 5. The summed E-state index contributed by atoms with van der Waals surface area (Å²) in [5.74, 6) is -0.126. The molecule has 3 saturated carbocycles. The lowest BCUT2D eigenvalue weighted by Gasteiger charge is -2.60. The van der Waals surface area contributed by atoms with E-state index in [4.69, 9.17) is 14.2 Å². The SMILES string of the molecule is COC1(C(=O)OCCC(=O)OC(C)(C)C)CCC2C3CCC4=CC(=O)CCC4(C)C3C(O)CC21C. The third kappa shape index (κ3) is 4.26. The summed E-state index contributed by atoms with van der Waals surface area (Å²) in [5.41, 5.74) is -1.31. The molecule has 0 amide bonds. The fraction of sp³-hybridized carbons (Fsp3) is 0.821. The van der Waals surface area contributed by atoms with Crippen LogP contribution in [0.2, 0.25) is 0 Å². The number of methoxy groups -OCH3 is 1. The molecule has 4 aliphatic rings. The maximum atomic E-state index is 13.5. The van der Waals surface area contributed by atoms with Gasteiger partial charge in [-0.1, -0.05) is 19.4 Å². The number of hydrogen-bond acceptors (Lipinski definition) is 7. The van der Waals surface area contributed by atoms with E-state index < -0.39 is 34.7 Å². The normalized spacial score (nSPS) is 40.8. The van der Waals surface area contributed by atoms with Crippen molar-refractivity contribution in [1.29, 1.82) is 0 Å². The van der Waals surface area contributed by atoms with Crippen molar-refractivity contribution < 1.29 is 33.7 Å². The smallest absolute Gasteiger partial charge is 0.338 e. The predicted octanol–water partition coefficient (Wildman–Crippen LogP) is 4.15. The molecule has 4 aliphatic carbocycles. The molecule has 1 N–H and O–H groups in total. The van der Waals surface area contributed by atoms with E-state index in [1.54, 1.807) is 27.9 Å². The van der Waals surface area contributed by atoms with E-state index in [1.165, 1.54) is 5.57 Å². The van der Waals surface area contributed by atoms with Crippen LogP contribution < -0.4 is 0 Å². The summed E-state index contributed by atoms with van der Waals surface area (Å²) in [4.78, 5) is 37.7. The molecule has 0 aliphatic heterocycles. The molecule has 7 nitrogen and oxygen atoms in total. The van der Waals surface area contributed by atoms with E-state index in [1.807, 2.05) is 6.08 Å². The first kappa shape index (κ1) is 26.3. The summed E-state index contributed by atoms with van der Waals surface area (Å²) in [6.07, 6.45) is 6.12. The maximum absolute atomic E-state index is 13.5. The molecule has 0 bridgehead atoms. The number of hydrogen-bond donors (Lipinski definition) is 1. The second-order valence-corrected chi connectivity index (χ2v) is 12.6. The van der Waals surface area contributed by atoms with Crippen LogP contribution in [0.1, 0.15) is 86.0 Å². The van der Waals surface area contributed by atoms with Gasteiger partial charge >= 0.3 is 11.9 Å². The van der Waals surface area contributed by atoms with Gasteiger partial charge in [-0.25, -0.2) is 4.79 Å². The van der Waals surface area contributed by atoms with Crippen LogP contribution in [0.3, 0.4) is 0 Å². The molecule has 0 heterocycles. The molecule has 0 aromatic carbocycles. The molecular formula is C28H42O7. The second-order valence-electron chi connectivity index (χ2n) is 12.6. The van der Waals surface area contributed by atoms with E-state index in [0.717, 1.165) is 25.7 Å². The molecule has 7 unspecified atom stereocenters. The lowest BCUT2D eigenvalue weighted by atomic mass is 9.45. The molecule has 0 spiro atoms. The number of aliphatic hydroxyl groups excluding tert-OH is 1. The van der Waals surface area contributed by atoms with Crippen LogP contribution in [0.5, 0.6) is 0 Å². The third-order valence-electron chi connectivity index (χ3n) is 9.65. The van der Waals surface area contributed by atoms with Crippen LogP contribution in [0, 0.1) is 28.6 Å². The summed E-state index contributed by atoms with van der Waals surface area (Å²) in [5, 5.41) is 11.6. The van der Waals surface area contributed by atoms with Crippen LogP contribution in [0.25, 0.3) is 0 Å². The van der Waals surface area contributed by atoms with E-state index in [9.17, 15) is 19.5 Å². The molecule has 0 saturated heterocycles. The molecular weight excluding hydrogens is 448 g/mol. The lowest BCUT2D eigenvalue weighted by molar-refractivity contribution is -0.206. The van der Waals surface area contributed by atoms with E-state index in [0.29, 0.717) is 19.3 Å². The average molecular weight is 491 g/mol. The Morgan fingerprint density at radius 3 is 2.51 bits per heavy atom. The van der Waals surface area contributed by atoms with Gasteiger partial charge < -0.3 is 19.3 Å². The minimum Gasteiger partial charge on any atom is -0.463 e. The fourth-order valence-corrected chi connectivity index (χ4v) is 8.17. The van der Waals surface area contributed by atoms with Crippen molar-refractivity contribution in [3.05, 3.63) is 11.6 Å². The zero-order valence-electron chi connectivity index (χ0n) is 22.1. The summed E-state index contributed by atoms with van der Waals surface area (Å²) in [7, 11) is 1.55. The Morgan fingerprint density at radius 1 is 1.14 bits per heavy atom. The highest BCUT2D eigenvalue weighted by molar-refractivity contribution is 5.91. The zero-order valence-corrected chi connectivity index (χ0v) is 22.1. The van der Waals surface area contributed by atoms with Gasteiger partial charge in [0.1, 0.15) is 12.2 Å². The Kier molecular flexibility index (Phi) is 6.76. The summed E-state index contributed by atoms with van der Waals surface area (Å²) < 4.78 is 16.9. The average Bonchev–Trinajstić information content (AvgIpc) is 3.05. The van der Waals surface area contributed by atoms with Crippen molar-refractivity contribution in [2.45, 2.75) is 103 Å². The van der Waals surface area contributed by atoms with Crippen molar-refractivity contribution in [3.8, 4) is 0 Å². The summed E-state index contributed by atoms with van der Waals surface area (Å²) in [6, 6.07) is 0. The van der Waals surface area contributed by atoms with Gasteiger partial charge in [0.25, 0.3) is 0 Å². The number of allylic oxidation sites excluding steroid dienone is 1. The fourth-order valence-electron chi connectivity index (χ4n) is 8.17. The first-order valence-corrected chi connectivity index (χ1v) is 13.1. The van der Waals surface area contributed by atoms with Gasteiger partial charge in [0.2, 0.25) is 0 Å². The Morgan fingerprint density at radius 2 is 1.86 bits per heavy atom. The summed E-state index contributed by atoms with van der Waals surface area (Å²) >= 11 is 0. The Balaban J connectivity index is 1.53. The van der Waals surface area contributed by atoms with Gasteiger partial charge in [0.15, 0.2) is 11.4 Å². The van der Waals surface area contributed by atoms with Gasteiger partial charge in [0, 0.05) is 18.9 Å². The number of esters is 2. The standard InChI is InChI=1S/C28H42O7/c1-25(2,3)35-22(31)11-14-34-24(32)28(33-6)13-10-20-19-8-7-17-15-18(29)9-12-26(17,4)23(19)21(30)16-27(20,28)5/h15,19-21,23,30H,7-14,16H2,1-6H3. The molecule has 3 fully saturated rings. The lowest BCUT2D eigenvalue weighted by Crippen LogP contribution is -2.62. The Bertz CT molecular complexity index is 917. The number of aliphatic hydroxyl groups is 1. The van der Waals surface area contributed by atoms with Gasteiger partial charge in [-0.2, -0.15) is 0 Å². The third-order valence-corrected chi connectivity index (χ3v) is 9.65. The minimum absolute atomic E-state index is 0.0115. The van der Waals surface area contributed by atoms with Crippen LogP contribution in [0.4, 0.5) is 0 Å². The number of fused-ring (bicyclic) bond motifs is 5. The Hall–Kier alpha value is -1.73. The van der Waals surface area contributed by atoms with Crippen LogP contribution in [0.15, 0.2) is 11.6 Å². The monoisotopic (exact) mass is 490 g/mol. The zero-order chi connectivity index (χ0) is 25.8. The van der Waals surface area contributed by atoms with Crippen molar-refractivity contribution in [3.63, 3.8) is 0 Å². The second kappa shape index (κ2) is 8.98. The van der Waals surface area contributed by atoms with Gasteiger partial charge in [-0.05, 0) is 88.5 Å². The number of carbonyl (C=O) groups excluding carboxylic acids is 3. The molecule has 35 heavy (non-hydrogen) atoms. The van der Waals surface area contributed by atoms with Crippen LogP contribution >= 0.6 is 0 Å². The molecule has 7 atom stereocenters. The summed E-state index contributed by atoms with van der Waals surface area (Å²) in [6.45, 7) is 9.63. The molecule has 0 radical (unpaired) electrons. The Labute approximate surface area is 208 Å². The molecule has 196 valence electrons. The van der Waals surface area contributed by atoms with Gasteiger partial charge in [-0.15, -0.1) is 0 Å². The number of ketones is 1. The van der Waals surface area contributed by atoms with E-state index in [-0.39, 0.29) is 42.0 Å². The van der Waals surface area contributed by atoms with Crippen LogP contribution in [-0.2, 0) is 28.6 Å². The molecule has 4 rings (SSSR count).